The molecular weight excluding hydrogens is 561 g/mol. The summed E-state index contributed by atoms with van der Waals surface area (Å²) in [6.07, 6.45) is 1.80. The van der Waals surface area contributed by atoms with E-state index in [2.05, 4.69) is 5.32 Å². The molecule has 42 heavy (non-hydrogen) atoms. The van der Waals surface area contributed by atoms with E-state index in [4.69, 9.17) is 9.47 Å². The van der Waals surface area contributed by atoms with Crippen LogP contribution < -0.4 is 19.1 Å². The fourth-order valence-corrected chi connectivity index (χ4v) is 5.45. The van der Waals surface area contributed by atoms with Gasteiger partial charge >= 0.3 is 0 Å². The normalized spacial score (nSPS) is 14.0. The lowest BCUT2D eigenvalue weighted by molar-refractivity contribution is -0.140. The first-order valence-electron chi connectivity index (χ1n) is 13.8. The van der Waals surface area contributed by atoms with Crippen LogP contribution in [0.2, 0.25) is 0 Å². The van der Waals surface area contributed by atoms with Crippen molar-refractivity contribution >= 4 is 27.5 Å². The SMILES string of the molecule is CC[C@@H](C)NC(=O)[C@H](Cc1ccccc1)N(Cc1ccccc1F)C(=O)CN(c1ccc2c(c1)OCCO2)S(C)(=O)=O. The van der Waals surface area contributed by atoms with Gasteiger partial charge in [0.2, 0.25) is 21.8 Å². The molecule has 1 N–H and O–H groups in total. The van der Waals surface area contributed by atoms with Crippen LogP contribution in [-0.4, -0.2) is 63.2 Å². The van der Waals surface area contributed by atoms with Crippen molar-refractivity contribution in [2.75, 3.05) is 30.3 Å². The van der Waals surface area contributed by atoms with Crippen molar-refractivity contribution in [3.05, 3.63) is 89.7 Å². The number of nitrogens with one attached hydrogen (secondary N) is 1. The molecule has 2 atom stereocenters. The van der Waals surface area contributed by atoms with E-state index in [1.807, 2.05) is 44.2 Å². The first kappa shape index (κ1) is 30.8. The highest BCUT2D eigenvalue weighted by Crippen LogP contribution is 2.35. The van der Waals surface area contributed by atoms with Crippen LogP contribution in [0.4, 0.5) is 10.1 Å². The molecule has 0 radical (unpaired) electrons. The maximum absolute atomic E-state index is 14.9. The van der Waals surface area contributed by atoms with Crippen molar-refractivity contribution in [1.29, 1.82) is 0 Å². The van der Waals surface area contributed by atoms with Crippen LogP contribution in [0.3, 0.4) is 0 Å². The Labute approximate surface area is 246 Å². The number of hydrogen-bond acceptors (Lipinski definition) is 6. The molecule has 0 aliphatic carbocycles. The molecule has 0 fully saturated rings. The van der Waals surface area contributed by atoms with Gasteiger partial charge in [0.25, 0.3) is 0 Å². The van der Waals surface area contributed by atoms with Crippen molar-refractivity contribution in [3.8, 4) is 11.5 Å². The Hall–Kier alpha value is -4.12. The number of halogens is 1. The maximum atomic E-state index is 14.9. The number of amides is 2. The van der Waals surface area contributed by atoms with Crippen LogP contribution in [0.25, 0.3) is 0 Å². The second-order valence-electron chi connectivity index (χ2n) is 10.2. The maximum Gasteiger partial charge on any atom is 0.244 e. The van der Waals surface area contributed by atoms with Crippen LogP contribution in [0.15, 0.2) is 72.8 Å². The molecule has 0 saturated heterocycles. The van der Waals surface area contributed by atoms with Gasteiger partial charge in [-0.25, -0.2) is 12.8 Å². The highest BCUT2D eigenvalue weighted by molar-refractivity contribution is 7.92. The predicted octanol–water partition coefficient (Wildman–Crippen LogP) is 3.92. The van der Waals surface area contributed by atoms with Gasteiger partial charge < -0.3 is 19.7 Å². The number of anilines is 1. The summed E-state index contributed by atoms with van der Waals surface area (Å²) in [5, 5.41) is 2.95. The zero-order valence-corrected chi connectivity index (χ0v) is 24.8. The summed E-state index contributed by atoms with van der Waals surface area (Å²) in [4.78, 5) is 29.1. The summed E-state index contributed by atoms with van der Waals surface area (Å²) in [5.41, 5.74) is 1.19. The zero-order valence-electron chi connectivity index (χ0n) is 24.0. The van der Waals surface area contributed by atoms with E-state index in [9.17, 15) is 22.4 Å². The summed E-state index contributed by atoms with van der Waals surface area (Å²) in [6.45, 7) is 3.60. The summed E-state index contributed by atoms with van der Waals surface area (Å²) < 4.78 is 53.0. The van der Waals surface area contributed by atoms with Crippen LogP contribution >= 0.6 is 0 Å². The summed E-state index contributed by atoms with van der Waals surface area (Å²) >= 11 is 0. The molecule has 1 aliphatic rings. The number of rotatable bonds is 12. The zero-order chi connectivity index (χ0) is 30.3. The molecule has 0 saturated carbocycles. The molecular formula is C31H36FN3O6S. The van der Waals surface area contributed by atoms with E-state index in [0.717, 1.165) is 16.1 Å². The van der Waals surface area contributed by atoms with Gasteiger partial charge in [0.1, 0.15) is 31.6 Å². The minimum atomic E-state index is -3.97. The number of carbonyl (C=O) groups excluding carboxylic acids is 2. The van der Waals surface area contributed by atoms with Crippen molar-refractivity contribution in [2.24, 2.45) is 0 Å². The fourth-order valence-electron chi connectivity index (χ4n) is 4.61. The van der Waals surface area contributed by atoms with Gasteiger partial charge in [-0.3, -0.25) is 13.9 Å². The van der Waals surface area contributed by atoms with E-state index >= 15 is 0 Å². The highest BCUT2D eigenvalue weighted by atomic mass is 32.2. The fraction of sp³-hybridized carbons (Fsp3) is 0.355. The van der Waals surface area contributed by atoms with E-state index < -0.39 is 40.2 Å². The lowest BCUT2D eigenvalue weighted by atomic mass is 10.0. The van der Waals surface area contributed by atoms with Crippen LogP contribution in [0.1, 0.15) is 31.4 Å². The molecule has 9 nitrogen and oxygen atoms in total. The Kier molecular flexibility index (Phi) is 10.1. The predicted molar refractivity (Wildman–Crippen MR) is 158 cm³/mol. The van der Waals surface area contributed by atoms with Gasteiger partial charge in [-0.05, 0) is 37.1 Å². The number of nitrogens with zero attached hydrogens (tertiary/aromatic N) is 2. The lowest BCUT2D eigenvalue weighted by Gasteiger charge is -2.34. The number of fused-ring (bicyclic) bond motifs is 1. The van der Waals surface area contributed by atoms with Gasteiger partial charge in [0.05, 0.1) is 11.9 Å². The Bertz CT molecular complexity index is 1500. The summed E-state index contributed by atoms with van der Waals surface area (Å²) in [7, 11) is -3.97. The second kappa shape index (κ2) is 13.7. The molecule has 4 rings (SSSR count). The van der Waals surface area contributed by atoms with Crippen LogP contribution in [0, 0.1) is 5.82 Å². The minimum absolute atomic E-state index is 0.145. The van der Waals surface area contributed by atoms with Crippen molar-refractivity contribution in [2.45, 2.75) is 45.3 Å². The topological polar surface area (TPSA) is 105 Å². The lowest BCUT2D eigenvalue weighted by Crippen LogP contribution is -2.54. The molecule has 3 aromatic carbocycles. The molecule has 1 aliphatic heterocycles. The van der Waals surface area contributed by atoms with Gasteiger partial charge in [-0.2, -0.15) is 0 Å². The Morgan fingerprint density at radius 2 is 1.64 bits per heavy atom. The largest absolute Gasteiger partial charge is 0.486 e. The molecule has 0 aromatic heterocycles. The van der Waals surface area contributed by atoms with Crippen LogP contribution in [0.5, 0.6) is 11.5 Å². The Balaban J connectivity index is 1.74. The Morgan fingerprint density at radius 3 is 2.31 bits per heavy atom. The third-order valence-electron chi connectivity index (χ3n) is 7.06. The number of benzene rings is 3. The van der Waals surface area contributed by atoms with Crippen molar-refractivity contribution in [1.82, 2.24) is 10.2 Å². The third kappa shape index (κ3) is 7.79. The molecule has 0 spiro atoms. The highest BCUT2D eigenvalue weighted by Gasteiger charge is 2.34. The van der Waals surface area contributed by atoms with Crippen molar-refractivity contribution in [3.63, 3.8) is 0 Å². The first-order valence-corrected chi connectivity index (χ1v) is 15.7. The standard InChI is InChI=1S/C31H36FN3O6S/c1-4-22(2)33-31(37)27(18-23-10-6-5-7-11-23)34(20-24-12-8-9-13-26(24)32)30(36)21-35(42(3,38)39)25-14-15-28-29(19-25)41-17-16-40-28/h5-15,19,22,27H,4,16-18,20-21H2,1-3H3,(H,33,37)/t22-,27+/m1/s1. The van der Waals surface area contributed by atoms with E-state index in [1.54, 1.807) is 12.1 Å². The monoisotopic (exact) mass is 597 g/mol. The van der Waals surface area contributed by atoms with Gasteiger partial charge in [0, 0.05) is 30.6 Å². The minimum Gasteiger partial charge on any atom is -0.486 e. The Morgan fingerprint density at radius 1 is 0.976 bits per heavy atom. The van der Waals surface area contributed by atoms with Crippen LogP contribution in [-0.2, 0) is 32.6 Å². The summed E-state index contributed by atoms with van der Waals surface area (Å²) in [6, 6.07) is 18.6. The number of ether oxygens (including phenoxy) is 2. The number of carbonyl (C=O) groups is 2. The number of hydrogen-bond donors (Lipinski definition) is 1. The third-order valence-corrected chi connectivity index (χ3v) is 8.20. The number of sulfonamides is 1. The molecule has 224 valence electrons. The second-order valence-corrected chi connectivity index (χ2v) is 12.1. The molecule has 11 heteroatoms. The van der Waals surface area contributed by atoms with Crippen molar-refractivity contribution < 1.29 is 31.9 Å². The molecule has 3 aromatic rings. The quantitative estimate of drug-likeness (QED) is 0.340. The van der Waals surface area contributed by atoms with Gasteiger partial charge in [0.15, 0.2) is 11.5 Å². The average Bonchev–Trinajstić information content (AvgIpc) is 2.98. The first-order chi connectivity index (χ1) is 20.1. The molecule has 1 heterocycles. The molecule has 0 bridgehead atoms. The average molecular weight is 598 g/mol. The van der Waals surface area contributed by atoms with E-state index in [0.29, 0.717) is 31.1 Å². The van der Waals surface area contributed by atoms with E-state index in [-0.39, 0.29) is 30.3 Å². The van der Waals surface area contributed by atoms with E-state index in [1.165, 1.54) is 35.2 Å². The molecule has 0 unspecified atom stereocenters. The van der Waals surface area contributed by atoms with Gasteiger partial charge in [-0.15, -0.1) is 0 Å². The van der Waals surface area contributed by atoms with Gasteiger partial charge in [-0.1, -0.05) is 55.5 Å². The molecule has 2 amide bonds. The smallest absolute Gasteiger partial charge is 0.244 e. The summed E-state index contributed by atoms with van der Waals surface area (Å²) in [5.74, 6) is -0.793.